The van der Waals surface area contributed by atoms with Crippen molar-refractivity contribution in [2.75, 3.05) is 33.3 Å². The number of carbonyl (C=O) groups is 1. The van der Waals surface area contributed by atoms with Crippen LogP contribution in [0.25, 0.3) is 0 Å². The average molecular weight is 349 g/mol. The van der Waals surface area contributed by atoms with Crippen molar-refractivity contribution in [2.45, 2.75) is 38.3 Å². The van der Waals surface area contributed by atoms with Gasteiger partial charge in [0.2, 0.25) is 5.91 Å². The lowest BCUT2D eigenvalue weighted by Gasteiger charge is -2.37. The Morgan fingerprint density at radius 3 is 2.68 bits per heavy atom. The quantitative estimate of drug-likeness (QED) is 0.903. The number of amides is 1. The van der Waals surface area contributed by atoms with Gasteiger partial charge in [-0.15, -0.1) is 0 Å². The van der Waals surface area contributed by atoms with Crippen molar-refractivity contribution in [3.8, 4) is 5.75 Å². The molecule has 1 heterocycles. The summed E-state index contributed by atoms with van der Waals surface area (Å²) >= 11 is 0. The van der Waals surface area contributed by atoms with E-state index in [1.807, 2.05) is 11.0 Å². The van der Waals surface area contributed by atoms with Gasteiger partial charge in [0, 0.05) is 44.7 Å². The van der Waals surface area contributed by atoms with E-state index in [1.165, 1.54) is 13.2 Å². The van der Waals surface area contributed by atoms with Crippen LogP contribution in [-0.4, -0.2) is 55.0 Å². The van der Waals surface area contributed by atoms with Crippen LogP contribution in [0.1, 0.15) is 31.2 Å². The van der Waals surface area contributed by atoms with Crippen LogP contribution < -0.4 is 10.5 Å². The molecule has 1 aliphatic carbocycles. The van der Waals surface area contributed by atoms with Crippen LogP contribution in [0.3, 0.4) is 0 Å². The number of nitrogens with two attached hydrogens (primary N) is 1. The second-order valence-electron chi connectivity index (χ2n) is 7.19. The lowest BCUT2D eigenvalue weighted by molar-refractivity contribution is -0.138. The summed E-state index contributed by atoms with van der Waals surface area (Å²) in [4.78, 5) is 16.9. The average Bonchev–Trinajstić information content (AvgIpc) is 2.62. The first-order chi connectivity index (χ1) is 12.1. The number of methoxy groups -OCH3 is 1. The van der Waals surface area contributed by atoms with Crippen LogP contribution in [-0.2, 0) is 11.3 Å². The van der Waals surface area contributed by atoms with Gasteiger partial charge in [-0.05, 0) is 37.0 Å². The Hall–Kier alpha value is -1.66. The third-order valence-electron chi connectivity index (χ3n) is 5.37. The van der Waals surface area contributed by atoms with Crippen LogP contribution in [0.5, 0.6) is 5.75 Å². The number of halogens is 1. The molecule has 2 atom stereocenters. The summed E-state index contributed by atoms with van der Waals surface area (Å²) in [6.45, 7) is 3.81. The van der Waals surface area contributed by atoms with Crippen LogP contribution in [0.15, 0.2) is 18.2 Å². The number of hydrogen-bond donors (Lipinski definition) is 1. The molecule has 6 heteroatoms. The van der Waals surface area contributed by atoms with E-state index in [0.29, 0.717) is 6.54 Å². The zero-order valence-electron chi connectivity index (χ0n) is 14.9. The molecule has 1 saturated carbocycles. The zero-order chi connectivity index (χ0) is 17.8. The minimum atomic E-state index is -0.331. The Morgan fingerprint density at radius 1 is 1.28 bits per heavy atom. The van der Waals surface area contributed by atoms with E-state index in [1.54, 1.807) is 6.07 Å². The predicted molar refractivity (Wildman–Crippen MR) is 94.7 cm³/mol. The Morgan fingerprint density at radius 2 is 2.04 bits per heavy atom. The fourth-order valence-electron chi connectivity index (χ4n) is 3.90. The van der Waals surface area contributed by atoms with Gasteiger partial charge in [-0.1, -0.05) is 12.5 Å². The highest BCUT2D eigenvalue weighted by molar-refractivity contribution is 5.79. The standard InChI is InChI=1S/C19H28FN3O2/c1-25-18-6-5-14(11-17(18)20)13-22-7-9-23(10-8-22)19(24)15-3-2-4-16(21)12-15/h5-6,11,15-16H,2-4,7-10,12-13,21H2,1H3/t15-,16+/m0/s1. The monoisotopic (exact) mass is 349 g/mol. The van der Waals surface area contributed by atoms with Gasteiger partial charge in [0.05, 0.1) is 7.11 Å². The van der Waals surface area contributed by atoms with E-state index in [2.05, 4.69) is 4.90 Å². The van der Waals surface area contributed by atoms with E-state index < -0.39 is 0 Å². The maximum absolute atomic E-state index is 13.8. The van der Waals surface area contributed by atoms with Crippen LogP contribution in [0.2, 0.25) is 0 Å². The lowest BCUT2D eigenvalue weighted by atomic mass is 9.85. The SMILES string of the molecule is COc1ccc(CN2CCN(C(=O)[C@H]3CCC[C@@H](N)C3)CC2)cc1F. The molecule has 2 N–H and O–H groups in total. The minimum absolute atomic E-state index is 0.103. The molecule has 3 rings (SSSR count). The van der Waals surface area contributed by atoms with Gasteiger partial charge in [0.15, 0.2) is 11.6 Å². The Labute approximate surface area is 148 Å². The van der Waals surface area contributed by atoms with Crippen LogP contribution >= 0.6 is 0 Å². The summed E-state index contributed by atoms with van der Waals surface area (Å²) in [5.74, 6) is 0.309. The molecule has 2 fully saturated rings. The molecular formula is C19H28FN3O2. The van der Waals surface area contributed by atoms with Crippen LogP contribution in [0.4, 0.5) is 4.39 Å². The maximum Gasteiger partial charge on any atom is 0.225 e. The predicted octanol–water partition coefficient (Wildman–Crippen LogP) is 2.00. The molecule has 1 saturated heterocycles. The third kappa shape index (κ3) is 4.50. The third-order valence-corrected chi connectivity index (χ3v) is 5.37. The normalized spacial score (nSPS) is 25.0. The van der Waals surface area contributed by atoms with Crippen molar-refractivity contribution in [2.24, 2.45) is 11.7 Å². The van der Waals surface area contributed by atoms with Gasteiger partial charge in [-0.25, -0.2) is 4.39 Å². The van der Waals surface area contributed by atoms with Gasteiger partial charge in [0.1, 0.15) is 0 Å². The van der Waals surface area contributed by atoms with Crippen molar-refractivity contribution < 1.29 is 13.9 Å². The fourth-order valence-corrected chi connectivity index (χ4v) is 3.90. The van der Waals surface area contributed by atoms with Crippen molar-refractivity contribution in [3.05, 3.63) is 29.6 Å². The highest BCUT2D eigenvalue weighted by Crippen LogP contribution is 2.25. The molecule has 5 nitrogen and oxygen atoms in total. The largest absolute Gasteiger partial charge is 0.494 e. The van der Waals surface area contributed by atoms with E-state index in [-0.39, 0.29) is 29.4 Å². The minimum Gasteiger partial charge on any atom is -0.494 e. The smallest absolute Gasteiger partial charge is 0.225 e. The van der Waals surface area contributed by atoms with Gasteiger partial charge < -0.3 is 15.4 Å². The molecule has 25 heavy (non-hydrogen) atoms. The molecule has 0 aromatic heterocycles. The van der Waals surface area contributed by atoms with E-state index in [0.717, 1.165) is 57.4 Å². The number of rotatable bonds is 4. The van der Waals surface area contributed by atoms with Crippen molar-refractivity contribution >= 4 is 5.91 Å². The molecule has 138 valence electrons. The summed E-state index contributed by atoms with van der Waals surface area (Å²) in [6.07, 6.45) is 3.89. The highest BCUT2D eigenvalue weighted by atomic mass is 19.1. The van der Waals surface area contributed by atoms with E-state index in [4.69, 9.17) is 10.5 Å². The number of benzene rings is 1. The van der Waals surface area contributed by atoms with Crippen LogP contribution in [0, 0.1) is 11.7 Å². The van der Waals surface area contributed by atoms with Gasteiger partial charge in [-0.3, -0.25) is 9.69 Å². The summed E-state index contributed by atoms with van der Waals surface area (Å²) in [7, 11) is 1.47. The zero-order valence-corrected chi connectivity index (χ0v) is 14.9. The Bertz CT molecular complexity index is 602. The Kier molecular flexibility index (Phi) is 5.91. The summed E-state index contributed by atoms with van der Waals surface area (Å²) in [6, 6.07) is 5.26. The maximum atomic E-state index is 13.8. The first kappa shape index (κ1) is 18.1. The molecule has 2 aliphatic rings. The summed E-state index contributed by atoms with van der Waals surface area (Å²) in [5, 5.41) is 0. The molecule has 0 radical (unpaired) electrons. The van der Waals surface area contributed by atoms with Crippen molar-refractivity contribution in [1.29, 1.82) is 0 Å². The van der Waals surface area contributed by atoms with Gasteiger partial charge in [0.25, 0.3) is 0 Å². The molecule has 1 amide bonds. The molecule has 1 aromatic carbocycles. The molecule has 0 spiro atoms. The topological polar surface area (TPSA) is 58.8 Å². The summed E-state index contributed by atoms with van der Waals surface area (Å²) in [5.41, 5.74) is 6.94. The Balaban J connectivity index is 1.50. The van der Waals surface area contributed by atoms with E-state index >= 15 is 0 Å². The molecular weight excluding hydrogens is 321 g/mol. The second kappa shape index (κ2) is 8.15. The van der Waals surface area contributed by atoms with Gasteiger partial charge >= 0.3 is 0 Å². The first-order valence-electron chi connectivity index (χ1n) is 9.16. The number of piperazine rings is 1. The number of carbonyl (C=O) groups excluding carboxylic acids is 1. The van der Waals surface area contributed by atoms with Crippen molar-refractivity contribution in [1.82, 2.24) is 9.80 Å². The molecule has 0 bridgehead atoms. The van der Waals surface area contributed by atoms with E-state index in [9.17, 15) is 9.18 Å². The second-order valence-corrected chi connectivity index (χ2v) is 7.19. The first-order valence-corrected chi connectivity index (χ1v) is 9.16. The molecule has 1 aromatic rings. The molecule has 1 aliphatic heterocycles. The molecule has 0 unspecified atom stereocenters. The lowest BCUT2D eigenvalue weighted by Crippen LogP contribution is -2.50. The van der Waals surface area contributed by atoms with Gasteiger partial charge in [-0.2, -0.15) is 0 Å². The van der Waals surface area contributed by atoms with Crippen molar-refractivity contribution in [3.63, 3.8) is 0 Å². The fraction of sp³-hybridized carbons (Fsp3) is 0.632. The highest BCUT2D eigenvalue weighted by Gasteiger charge is 2.30. The number of nitrogens with zero attached hydrogens (tertiary/aromatic N) is 2. The number of ether oxygens (including phenoxy) is 1. The summed E-state index contributed by atoms with van der Waals surface area (Å²) < 4.78 is 18.8. The number of hydrogen-bond acceptors (Lipinski definition) is 4.